The molecule has 2 aromatic carbocycles. The molecule has 45 heavy (non-hydrogen) atoms. The molecule has 0 fully saturated rings. The summed E-state index contributed by atoms with van der Waals surface area (Å²) < 4.78 is 41.3. The number of guanidine groups is 1. The Kier molecular flexibility index (Phi) is 11.1. The van der Waals surface area contributed by atoms with Gasteiger partial charge in [0.15, 0.2) is 5.96 Å². The van der Waals surface area contributed by atoms with E-state index in [2.05, 4.69) is 26.9 Å². The monoisotopic (exact) mass is 642 g/mol. The molecule has 0 amide bonds. The van der Waals surface area contributed by atoms with Crippen LogP contribution in [0.15, 0.2) is 82.1 Å². The Hall–Kier alpha value is -4.11. The van der Waals surface area contributed by atoms with Gasteiger partial charge < -0.3 is 32.6 Å². The number of aliphatic hydroxyl groups is 1. The van der Waals surface area contributed by atoms with E-state index in [1.165, 1.54) is 16.7 Å². The third-order valence-corrected chi connectivity index (χ3v) is 7.90. The summed E-state index contributed by atoms with van der Waals surface area (Å²) in [4.78, 5) is 24.1. The number of thioether (sulfide) groups is 1. The highest BCUT2D eigenvalue weighted by Crippen LogP contribution is 2.40. The lowest BCUT2D eigenvalue weighted by atomic mass is 9.99. The molecule has 0 aliphatic heterocycles. The minimum atomic E-state index is -4.52. The van der Waals surface area contributed by atoms with Crippen LogP contribution in [0.3, 0.4) is 0 Å². The Morgan fingerprint density at radius 3 is 2.58 bits per heavy atom. The molecule has 0 saturated carbocycles. The van der Waals surface area contributed by atoms with Gasteiger partial charge >= 0.3 is 11.2 Å². The zero-order valence-electron chi connectivity index (χ0n) is 24.7. The van der Waals surface area contributed by atoms with E-state index in [9.17, 15) is 23.1 Å². The van der Waals surface area contributed by atoms with Crippen molar-refractivity contribution in [2.75, 3.05) is 13.1 Å². The van der Waals surface area contributed by atoms with Gasteiger partial charge in [-0.25, -0.2) is 4.79 Å². The van der Waals surface area contributed by atoms with Crippen LogP contribution in [0.25, 0.3) is 28.0 Å². The third kappa shape index (κ3) is 9.44. The molecular weight excluding hydrogens is 605 g/mol. The highest BCUT2D eigenvalue weighted by Gasteiger charge is 2.30. The van der Waals surface area contributed by atoms with Crippen molar-refractivity contribution >= 4 is 28.8 Å². The number of alkyl halides is 3. The molecule has 14 heteroatoms. The molecule has 4 aromatic rings. The predicted molar refractivity (Wildman–Crippen MR) is 173 cm³/mol. The number of hydrogen-bond donors (Lipinski definition) is 6. The number of nitrogens with zero attached hydrogens (tertiary/aromatic N) is 3. The molecule has 0 unspecified atom stereocenters. The zero-order chi connectivity index (χ0) is 32.7. The van der Waals surface area contributed by atoms with Gasteiger partial charge in [0.25, 0.3) is 0 Å². The molecular formula is C31H37F3N8O2S. The molecule has 4 rings (SSSR count). The first-order valence-electron chi connectivity index (χ1n) is 14.3. The summed E-state index contributed by atoms with van der Waals surface area (Å²) >= 11 is -0.265. The van der Waals surface area contributed by atoms with E-state index in [1.807, 2.05) is 31.2 Å². The largest absolute Gasteiger partial charge is 0.446 e. The maximum atomic E-state index is 13.3. The Morgan fingerprint density at radius 1 is 1.18 bits per heavy atom. The van der Waals surface area contributed by atoms with Gasteiger partial charge in [-0.15, -0.1) is 6.58 Å². The van der Waals surface area contributed by atoms with Crippen molar-refractivity contribution in [1.82, 2.24) is 19.9 Å². The first kappa shape index (κ1) is 33.8. The molecule has 240 valence electrons. The Balaban J connectivity index is 1.58. The van der Waals surface area contributed by atoms with Gasteiger partial charge in [0.05, 0.1) is 11.8 Å². The minimum Gasteiger partial charge on any atom is -0.388 e. The van der Waals surface area contributed by atoms with Crippen LogP contribution in [-0.4, -0.2) is 50.2 Å². The average Bonchev–Trinajstić information content (AvgIpc) is 3.40. The van der Waals surface area contributed by atoms with Crippen molar-refractivity contribution < 1.29 is 18.3 Å². The fraction of sp³-hybridized carbons (Fsp3) is 0.323. The summed E-state index contributed by atoms with van der Waals surface area (Å²) in [7, 11) is 0. The molecule has 3 atom stereocenters. The van der Waals surface area contributed by atoms with Gasteiger partial charge in [0.2, 0.25) is 0 Å². The number of halogens is 3. The van der Waals surface area contributed by atoms with Gasteiger partial charge in [-0.3, -0.25) is 9.56 Å². The Labute approximate surface area is 262 Å². The van der Waals surface area contributed by atoms with Crippen LogP contribution < -0.4 is 28.2 Å². The molecule has 9 N–H and O–H groups in total. The Bertz CT molecular complexity index is 1700. The molecule has 2 aromatic heterocycles. The minimum absolute atomic E-state index is 0.0521. The molecule has 2 heterocycles. The van der Waals surface area contributed by atoms with Crippen molar-refractivity contribution in [1.29, 1.82) is 0 Å². The first-order chi connectivity index (χ1) is 21.3. The third-order valence-electron chi connectivity index (χ3n) is 7.19. The molecule has 0 aliphatic rings. The molecule has 10 nitrogen and oxygen atoms in total. The van der Waals surface area contributed by atoms with Crippen molar-refractivity contribution in [3.8, 4) is 16.9 Å². The SMILES string of the molecule is C=C[C@H](N)CC[C@H](O)c1cc(SC(F)(F)F)cc(-c2cc3cn(-c4ccc([C@H](C)NCCCN=C(N)N)cc4)c(=O)nc3[nH]2)c1. The number of fused-ring (bicyclic) bond motifs is 1. The normalized spacial score (nSPS) is 13.8. The fourth-order valence-corrected chi connectivity index (χ4v) is 5.43. The fourth-order valence-electron chi connectivity index (χ4n) is 4.78. The summed E-state index contributed by atoms with van der Waals surface area (Å²) in [6.07, 6.45) is 3.58. The van der Waals surface area contributed by atoms with Gasteiger partial charge in [0, 0.05) is 40.8 Å². The lowest BCUT2D eigenvalue weighted by Gasteiger charge is -2.16. The number of rotatable bonds is 14. The number of aliphatic imine (C=N–C) groups is 1. The van der Waals surface area contributed by atoms with Crippen molar-refractivity contribution in [2.24, 2.45) is 22.2 Å². The summed E-state index contributed by atoms with van der Waals surface area (Å²) in [5.74, 6) is 0.0668. The van der Waals surface area contributed by atoms with Crippen LogP contribution in [0.5, 0.6) is 0 Å². The van der Waals surface area contributed by atoms with Crippen LogP contribution in [-0.2, 0) is 0 Å². The number of aromatic amines is 1. The van der Waals surface area contributed by atoms with E-state index in [0.29, 0.717) is 40.9 Å². The lowest BCUT2D eigenvalue weighted by Crippen LogP contribution is -2.24. The van der Waals surface area contributed by atoms with Gasteiger partial charge in [-0.2, -0.15) is 18.2 Å². The van der Waals surface area contributed by atoms with Crippen LogP contribution in [0.4, 0.5) is 13.2 Å². The van der Waals surface area contributed by atoms with E-state index in [-0.39, 0.29) is 46.8 Å². The number of aromatic nitrogens is 3. The van der Waals surface area contributed by atoms with E-state index in [4.69, 9.17) is 17.2 Å². The molecule has 0 bridgehead atoms. The molecule has 0 aliphatic carbocycles. The summed E-state index contributed by atoms with van der Waals surface area (Å²) in [5.41, 5.74) is 14.6. The number of benzene rings is 2. The van der Waals surface area contributed by atoms with E-state index >= 15 is 0 Å². The highest BCUT2D eigenvalue weighted by atomic mass is 32.2. The summed E-state index contributed by atoms with van der Waals surface area (Å²) in [6, 6.07) is 13.2. The van der Waals surface area contributed by atoms with E-state index in [1.54, 1.807) is 24.4 Å². The maximum Gasteiger partial charge on any atom is 0.446 e. The zero-order valence-corrected chi connectivity index (χ0v) is 25.5. The second-order valence-corrected chi connectivity index (χ2v) is 11.8. The number of aliphatic hydroxyl groups excluding tert-OH is 1. The summed E-state index contributed by atoms with van der Waals surface area (Å²) in [6.45, 7) is 6.90. The number of hydrogen-bond acceptors (Lipinski definition) is 7. The molecule has 0 radical (unpaired) electrons. The maximum absolute atomic E-state index is 13.3. The second kappa shape index (κ2) is 14.8. The Morgan fingerprint density at radius 2 is 1.91 bits per heavy atom. The smallest absolute Gasteiger partial charge is 0.388 e. The number of H-pyrrole nitrogens is 1. The van der Waals surface area contributed by atoms with Crippen LogP contribution >= 0.6 is 11.8 Å². The van der Waals surface area contributed by atoms with Crippen molar-refractivity contribution in [3.63, 3.8) is 0 Å². The van der Waals surface area contributed by atoms with Crippen molar-refractivity contribution in [2.45, 2.75) is 54.8 Å². The number of nitrogens with one attached hydrogen (secondary N) is 2. The summed E-state index contributed by atoms with van der Waals surface area (Å²) in [5, 5.41) is 14.8. The van der Waals surface area contributed by atoms with Crippen LogP contribution in [0, 0.1) is 0 Å². The number of nitrogens with two attached hydrogens (primary N) is 3. The predicted octanol–water partition coefficient (Wildman–Crippen LogP) is 4.63. The molecule has 0 spiro atoms. The van der Waals surface area contributed by atoms with Gasteiger partial charge in [0.1, 0.15) is 5.65 Å². The second-order valence-electron chi connectivity index (χ2n) is 10.6. The quantitative estimate of drug-likeness (QED) is 0.0380. The van der Waals surface area contributed by atoms with Gasteiger partial charge in [-0.05, 0) is 97.6 Å². The average molecular weight is 643 g/mol. The van der Waals surface area contributed by atoms with E-state index in [0.717, 1.165) is 18.5 Å². The van der Waals surface area contributed by atoms with Crippen molar-refractivity contribution in [3.05, 3.63) is 89.0 Å². The highest BCUT2D eigenvalue weighted by molar-refractivity contribution is 8.00. The van der Waals surface area contributed by atoms with E-state index < -0.39 is 17.3 Å². The first-order valence-corrected chi connectivity index (χ1v) is 15.1. The molecule has 0 saturated heterocycles. The van der Waals surface area contributed by atoms with Gasteiger partial charge in [-0.1, -0.05) is 18.2 Å². The standard InChI is InChI=1S/C31H37F3N8O2S/c1-3-23(35)7-10-27(43)21-13-20(14-25(15-21)45-31(32,33)34)26-16-22-17-42(30(44)41-28(22)40-26)24-8-5-19(6-9-24)18(2)38-11-4-12-39-29(36)37/h3,5-6,8-9,13-18,23,27,38,43H,1,4,7,10-12,35H2,2H3,(H4,36,37,39)(H,40,41,44)/t18-,23-,27-/m0/s1. The lowest BCUT2D eigenvalue weighted by molar-refractivity contribution is -0.0328. The van der Waals surface area contributed by atoms with Crippen LogP contribution in [0.1, 0.15) is 49.5 Å². The van der Waals surface area contributed by atoms with Crippen LogP contribution in [0.2, 0.25) is 0 Å². The topological polar surface area (TPSA) is 173 Å².